The van der Waals surface area contributed by atoms with Crippen LogP contribution in [0, 0.1) is 0 Å². The molecule has 0 fully saturated rings. The number of halogens is 4. The average molecular weight is 246 g/mol. The Morgan fingerprint density at radius 1 is 1.44 bits per heavy atom. The van der Waals surface area contributed by atoms with Crippen molar-refractivity contribution in [1.29, 1.82) is 0 Å². The molecule has 0 aliphatic heterocycles. The normalized spacial score (nSPS) is 16.2. The van der Waals surface area contributed by atoms with Crippen LogP contribution in [0.3, 0.4) is 0 Å². The summed E-state index contributed by atoms with van der Waals surface area (Å²) in [6, 6.07) is 0. The zero-order valence-electron chi connectivity index (χ0n) is 8.90. The molecule has 4 nitrogen and oxygen atoms in total. The molecule has 1 amide bonds. The van der Waals surface area contributed by atoms with E-state index in [-0.39, 0.29) is 0 Å². The van der Waals surface area contributed by atoms with Gasteiger partial charge < -0.3 is 15.8 Å². The molecule has 0 rings (SSSR count). The first-order valence-electron chi connectivity index (χ1n) is 4.38. The quantitative estimate of drug-likeness (QED) is 0.638. The average Bonchev–Trinajstić information content (AvgIpc) is 2.16. The SMILES string of the molecule is CNC(C)(COCC(F)(F)C(F)F)C(N)=O. The summed E-state index contributed by atoms with van der Waals surface area (Å²) in [5.41, 5.74) is 3.61. The Labute approximate surface area is 90.1 Å². The number of carbonyl (C=O) groups is 1. The molecule has 0 aliphatic rings. The lowest BCUT2D eigenvalue weighted by atomic mass is 10.0. The van der Waals surface area contributed by atoms with Gasteiger partial charge in [0.25, 0.3) is 0 Å². The third-order valence-electron chi connectivity index (χ3n) is 2.10. The maximum absolute atomic E-state index is 12.4. The zero-order valence-corrected chi connectivity index (χ0v) is 8.90. The molecule has 0 bridgehead atoms. The van der Waals surface area contributed by atoms with Gasteiger partial charge in [-0.2, -0.15) is 8.78 Å². The number of primary amides is 1. The molecule has 0 aromatic heterocycles. The monoisotopic (exact) mass is 246 g/mol. The fourth-order valence-electron chi connectivity index (χ4n) is 0.721. The first-order chi connectivity index (χ1) is 7.15. The van der Waals surface area contributed by atoms with E-state index in [1.165, 1.54) is 14.0 Å². The first-order valence-corrected chi connectivity index (χ1v) is 4.38. The molecule has 0 heterocycles. The largest absolute Gasteiger partial charge is 0.372 e. The van der Waals surface area contributed by atoms with Crippen LogP contribution in [-0.4, -0.2) is 44.1 Å². The Balaban J connectivity index is 4.21. The Morgan fingerprint density at radius 2 is 1.94 bits per heavy atom. The highest BCUT2D eigenvalue weighted by molar-refractivity contribution is 5.84. The van der Waals surface area contributed by atoms with Crippen molar-refractivity contribution in [3.63, 3.8) is 0 Å². The number of ether oxygens (including phenoxy) is 1. The Kier molecular flexibility index (Phi) is 5.14. The van der Waals surface area contributed by atoms with Crippen LogP contribution < -0.4 is 11.1 Å². The smallest absolute Gasteiger partial charge is 0.330 e. The fraction of sp³-hybridized carbons (Fsp3) is 0.875. The van der Waals surface area contributed by atoms with Crippen LogP contribution in [0.15, 0.2) is 0 Å². The standard InChI is InChI=1S/C8H14F4N2O2/c1-7(14-2,6(13)15)3-16-4-8(11,12)5(9)10/h5,14H,3-4H2,1-2H3,(H2,13,15). The zero-order chi connectivity index (χ0) is 13.0. The van der Waals surface area contributed by atoms with Gasteiger partial charge in [0.05, 0.1) is 6.61 Å². The van der Waals surface area contributed by atoms with Crippen molar-refractivity contribution >= 4 is 5.91 Å². The van der Waals surface area contributed by atoms with Crippen molar-refractivity contribution in [3.8, 4) is 0 Å². The summed E-state index contributed by atoms with van der Waals surface area (Å²) in [4.78, 5) is 10.9. The molecule has 0 aromatic rings. The summed E-state index contributed by atoms with van der Waals surface area (Å²) in [5, 5.41) is 2.46. The number of carbonyl (C=O) groups excluding carboxylic acids is 1. The van der Waals surface area contributed by atoms with Gasteiger partial charge in [0.1, 0.15) is 12.1 Å². The number of amides is 1. The molecule has 16 heavy (non-hydrogen) atoms. The van der Waals surface area contributed by atoms with E-state index in [1.54, 1.807) is 0 Å². The molecule has 0 saturated heterocycles. The fourth-order valence-corrected chi connectivity index (χ4v) is 0.721. The van der Waals surface area contributed by atoms with E-state index in [2.05, 4.69) is 10.1 Å². The van der Waals surface area contributed by atoms with E-state index in [1.807, 2.05) is 0 Å². The second-order valence-electron chi connectivity index (χ2n) is 3.50. The molecule has 0 spiro atoms. The van der Waals surface area contributed by atoms with Gasteiger partial charge in [-0.1, -0.05) is 0 Å². The molecule has 1 atom stereocenters. The highest BCUT2D eigenvalue weighted by Gasteiger charge is 2.42. The van der Waals surface area contributed by atoms with Gasteiger partial charge in [0.15, 0.2) is 0 Å². The molecule has 0 aliphatic carbocycles. The van der Waals surface area contributed by atoms with Gasteiger partial charge in [-0.05, 0) is 14.0 Å². The Bertz CT molecular complexity index is 250. The number of hydrogen-bond donors (Lipinski definition) is 2. The van der Waals surface area contributed by atoms with Gasteiger partial charge in [-0.15, -0.1) is 0 Å². The number of likely N-dealkylation sites (N-methyl/N-ethyl adjacent to an activating group) is 1. The summed E-state index contributed by atoms with van der Waals surface area (Å²) in [7, 11) is 1.37. The summed E-state index contributed by atoms with van der Waals surface area (Å²) in [6.45, 7) is -0.661. The lowest BCUT2D eigenvalue weighted by Gasteiger charge is -2.26. The van der Waals surface area contributed by atoms with Gasteiger partial charge in [-0.25, -0.2) is 8.78 Å². The van der Waals surface area contributed by atoms with E-state index in [0.29, 0.717) is 0 Å². The van der Waals surface area contributed by atoms with E-state index in [9.17, 15) is 22.4 Å². The van der Waals surface area contributed by atoms with Crippen LogP contribution in [0.5, 0.6) is 0 Å². The predicted octanol–water partition coefficient (Wildman–Crippen LogP) is 0.367. The maximum Gasteiger partial charge on any atom is 0.330 e. The molecule has 96 valence electrons. The molecule has 1 unspecified atom stereocenters. The lowest BCUT2D eigenvalue weighted by Crippen LogP contribution is -2.55. The summed E-state index contributed by atoms with van der Waals surface area (Å²) in [5.74, 6) is -5.05. The molecule has 0 saturated carbocycles. The topological polar surface area (TPSA) is 64.3 Å². The minimum atomic E-state index is -4.23. The maximum atomic E-state index is 12.4. The minimum absolute atomic E-state index is 0.513. The molecule has 8 heteroatoms. The highest BCUT2D eigenvalue weighted by Crippen LogP contribution is 2.23. The lowest BCUT2D eigenvalue weighted by molar-refractivity contribution is -0.170. The van der Waals surface area contributed by atoms with Crippen LogP contribution >= 0.6 is 0 Å². The van der Waals surface area contributed by atoms with Crippen LogP contribution in [-0.2, 0) is 9.53 Å². The predicted molar refractivity (Wildman–Crippen MR) is 48.4 cm³/mol. The third-order valence-corrected chi connectivity index (χ3v) is 2.10. The van der Waals surface area contributed by atoms with E-state index in [0.717, 1.165) is 0 Å². The van der Waals surface area contributed by atoms with Crippen molar-refractivity contribution in [2.75, 3.05) is 20.3 Å². The minimum Gasteiger partial charge on any atom is -0.372 e. The van der Waals surface area contributed by atoms with E-state index >= 15 is 0 Å². The molecular weight excluding hydrogens is 232 g/mol. The summed E-state index contributed by atoms with van der Waals surface area (Å²) in [6.07, 6.45) is -3.80. The van der Waals surface area contributed by atoms with Gasteiger partial charge in [-0.3, -0.25) is 4.79 Å². The first kappa shape index (κ1) is 15.1. The van der Waals surface area contributed by atoms with Crippen LogP contribution in [0.25, 0.3) is 0 Å². The van der Waals surface area contributed by atoms with Crippen molar-refractivity contribution in [3.05, 3.63) is 0 Å². The number of nitrogens with one attached hydrogen (secondary N) is 1. The second kappa shape index (κ2) is 5.44. The second-order valence-corrected chi connectivity index (χ2v) is 3.50. The van der Waals surface area contributed by atoms with Crippen molar-refractivity contribution in [2.24, 2.45) is 5.73 Å². The third kappa shape index (κ3) is 3.93. The molecule has 3 N–H and O–H groups in total. The number of alkyl halides is 4. The number of hydrogen-bond acceptors (Lipinski definition) is 3. The van der Waals surface area contributed by atoms with Crippen molar-refractivity contribution in [2.45, 2.75) is 24.8 Å². The van der Waals surface area contributed by atoms with Gasteiger partial charge in [0.2, 0.25) is 5.91 Å². The molecular formula is C8H14F4N2O2. The van der Waals surface area contributed by atoms with Crippen molar-refractivity contribution < 1.29 is 27.1 Å². The van der Waals surface area contributed by atoms with Gasteiger partial charge in [0, 0.05) is 0 Å². The Morgan fingerprint density at radius 3 is 2.25 bits per heavy atom. The van der Waals surface area contributed by atoms with E-state index in [4.69, 9.17) is 5.73 Å². The molecule has 0 radical (unpaired) electrons. The van der Waals surface area contributed by atoms with Crippen LogP contribution in [0.4, 0.5) is 17.6 Å². The van der Waals surface area contributed by atoms with Crippen LogP contribution in [0.1, 0.15) is 6.92 Å². The molecule has 0 aromatic carbocycles. The summed E-state index contributed by atoms with van der Waals surface area (Å²) >= 11 is 0. The summed E-state index contributed by atoms with van der Waals surface area (Å²) < 4.78 is 52.7. The highest BCUT2D eigenvalue weighted by atomic mass is 19.3. The number of rotatable bonds is 7. The van der Waals surface area contributed by atoms with Crippen molar-refractivity contribution in [1.82, 2.24) is 5.32 Å². The van der Waals surface area contributed by atoms with Gasteiger partial charge >= 0.3 is 12.3 Å². The van der Waals surface area contributed by atoms with Crippen LogP contribution in [0.2, 0.25) is 0 Å². The Hall–Kier alpha value is -0.890. The van der Waals surface area contributed by atoms with E-state index < -0.39 is 37.0 Å². The number of nitrogens with two attached hydrogens (primary N) is 1.